The molecule has 0 bridgehead atoms. The molecule has 1 amide bonds. The Morgan fingerprint density at radius 2 is 2.05 bits per heavy atom. The topological polar surface area (TPSA) is 57.8 Å². The van der Waals surface area contributed by atoms with Gasteiger partial charge >= 0.3 is 0 Å². The molecule has 2 heterocycles. The fraction of sp³-hybridized carbons (Fsp3) is 0.125. The second kappa shape index (κ2) is 5.93. The number of nitrogens with one attached hydrogen (secondary N) is 2. The number of thiophene rings is 1. The molecular formula is C16H15N3OS. The summed E-state index contributed by atoms with van der Waals surface area (Å²) in [6.45, 7) is 1.92. The number of hydrogen-bond donors (Lipinski definition) is 2. The predicted molar refractivity (Wildman–Crippen MR) is 84.2 cm³/mol. The first-order valence-electron chi connectivity index (χ1n) is 6.69. The van der Waals surface area contributed by atoms with Gasteiger partial charge in [-0.15, -0.1) is 11.3 Å². The molecule has 106 valence electrons. The second-order valence-electron chi connectivity index (χ2n) is 4.72. The molecule has 5 heteroatoms. The molecule has 0 aliphatic heterocycles. The molecule has 3 aromatic rings. The Morgan fingerprint density at radius 3 is 2.76 bits per heavy atom. The van der Waals surface area contributed by atoms with Gasteiger partial charge < -0.3 is 10.3 Å². The lowest BCUT2D eigenvalue weighted by Crippen LogP contribution is -2.26. The summed E-state index contributed by atoms with van der Waals surface area (Å²) >= 11 is 1.43. The van der Waals surface area contributed by atoms with E-state index >= 15 is 0 Å². The van der Waals surface area contributed by atoms with Crippen LogP contribution < -0.4 is 5.32 Å². The maximum absolute atomic E-state index is 12.0. The zero-order valence-corrected chi connectivity index (χ0v) is 12.4. The van der Waals surface area contributed by atoms with Crippen molar-refractivity contribution in [2.75, 3.05) is 0 Å². The van der Waals surface area contributed by atoms with Crippen LogP contribution in [0.4, 0.5) is 0 Å². The van der Waals surface area contributed by atoms with Gasteiger partial charge in [-0.1, -0.05) is 36.4 Å². The summed E-state index contributed by atoms with van der Waals surface area (Å²) < 4.78 is 0. The predicted octanol–water partition coefficient (Wildman–Crippen LogP) is 3.63. The molecule has 0 radical (unpaired) electrons. The molecule has 0 saturated heterocycles. The quantitative estimate of drug-likeness (QED) is 0.772. The molecule has 21 heavy (non-hydrogen) atoms. The molecule has 3 rings (SSSR count). The molecule has 2 aromatic heterocycles. The van der Waals surface area contributed by atoms with Crippen molar-refractivity contribution in [2.45, 2.75) is 13.0 Å². The number of hydrogen-bond acceptors (Lipinski definition) is 3. The van der Waals surface area contributed by atoms with Gasteiger partial charge in [-0.05, 0) is 23.9 Å². The molecule has 0 spiro atoms. The highest BCUT2D eigenvalue weighted by molar-refractivity contribution is 7.12. The van der Waals surface area contributed by atoms with E-state index < -0.39 is 0 Å². The van der Waals surface area contributed by atoms with Crippen molar-refractivity contribution in [3.05, 3.63) is 64.7 Å². The van der Waals surface area contributed by atoms with E-state index in [-0.39, 0.29) is 11.9 Å². The second-order valence-corrected chi connectivity index (χ2v) is 5.67. The number of rotatable bonds is 4. The molecule has 4 nitrogen and oxygen atoms in total. The maximum atomic E-state index is 12.0. The van der Waals surface area contributed by atoms with Crippen molar-refractivity contribution in [1.82, 2.24) is 15.3 Å². The third-order valence-corrected chi connectivity index (χ3v) is 4.05. The Balaban J connectivity index is 1.73. The van der Waals surface area contributed by atoms with Gasteiger partial charge in [0.1, 0.15) is 5.82 Å². The van der Waals surface area contributed by atoms with E-state index in [9.17, 15) is 4.79 Å². The van der Waals surface area contributed by atoms with Gasteiger partial charge in [0.2, 0.25) is 0 Å². The summed E-state index contributed by atoms with van der Waals surface area (Å²) in [5, 5.41) is 4.83. The zero-order valence-electron chi connectivity index (χ0n) is 11.5. The summed E-state index contributed by atoms with van der Waals surface area (Å²) in [7, 11) is 0. The molecular weight excluding hydrogens is 282 g/mol. The van der Waals surface area contributed by atoms with Crippen LogP contribution in [0, 0.1) is 0 Å². The molecule has 0 aliphatic carbocycles. The maximum Gasteiger partial charge on any atom is 0.261 e. The number of aromatic amines is 1. The third-order valence-electron chi connectivity index (χ3n) is 3.18. The Bertz CT molecular complexity index is 719. The molecule has 1 unspecified atom stereocenters. The lowest BCUT2D eigenvalue weighted by Gasteiger charge is -2.10. The number of imidazole rings is 1. The number of carbonyl (C=O) groups is 1. The highest BCUT2D eigenvalue weighted by Gasteiger charge is 2.15. The van der Waals surface area contributed by atoms with Crippen molar-refractivity contribution in [2.24, 2.45) is 0 Å². The van der Waals surface area contributed by atoms with Crippen molar-refractivity contribution in [1.29, 1.82) is 0 Å². The fourth-order valence-electron chi connectivity index (χ4n) is 2.06. The van der Waals surface area contributed by atoms with Crippen LogP contribution in [0.25, 0.3) is 11.3 Å². The van der Waals surface area contributed by atoms with E-state index in [1.54, 1.807) is 6.20 Å². The van der Waals surface area contributed by atoms with Crippen LogP contribution in [-0.4, -0.2) is 15.9 Å². The van der Waals surface area contributed by atoms with Crippen LogP contribution in [0.2, 0.25) is 0 Å². The van der Waals surface area contributed by atoms with E-state index in [2.05, 4.69) is 15.3 Å². The van der Waals surface area contributed by atoms with Crippen LogP contribution in [0.5, 0.6) is 0 Å². The summed E-state index contributed by atoms with van der Waals surface area (Å²) in [6.07, 6.45) is 1.79. The number of H-pyrrole nitrogens is 1. The van der Waals surface area contributed by atoms with Gasteiger partial charge in [-0.3, -0.25) is 4.79 Å². The Labute approximate surface area is 126 Å². The van der Waals surface area contributed by atoms with Crippen molar-refractivity contribution in [3.63, 3.8) is 0 Å². The molecule has 1 aromatic carbocycles. The minimum atomic E-state index is -0.169. The number of amides is 1. The summed E-state index contributed by atoms with van der Waals surface area (Å²) in [5.74, 6) is 0.675. The number of benzene rings is 1. The first-order chi connectivity index (χ1) is 10.2. The van der Waals surface area contributed by atoms with E-state index in [0.717, 1.165) is 17.1 Å². The summed E-state index contributed by atoms with van der Waals surface area (Å²) in [6, 6.07) is 13.5. The smallest absolute Gasteiger partial charge is 0.261 e. The lowest BCUT2D eigenvalue weighted by molar-refractivity contribution is 0.0942. The molecule has 2 N–H and O–H groups in total. The van der Waals surface area contributed by atoms with Crippen molar-refractivity contribution >= 4 is 17.2 Å². The largest absolute Gasteiger partial charge is 0.342 e. The standard InChI is InChI=1S/C16H15N3OS/c1-11(18-16(20)14-8-5-9-21-14)15-17-10-13(19-15)12-6-3-2-4-7-12/h2-11H,1H3,(H,17,19)(H,18,20). The third kappa shape index (κ3) is 3.03. The van der Waals surface area contributed by atoms with Gasteiger partial charge in [-0.25, -0.2) is 4.98 Å². The van der Waals surface area contributed by atoms with E-state index in [1.807, 2.05) is 54.8 Å². The van der Waals surface area contributed by atoms with Gasteiger partial charge in [0, 0.05) is 0 Å². The van der Waals surface area contributed by atoms with E-state index in [1.165, 1.54) is 11.3 Å². The first kappa shape index (κ1) is 13.6. The minimum absolute atomic E-state index is 0.0739. The lowest BCUT2D eigenvalue weighted by atomic mass is 10.2. The number of carbonyl (C=O) groups excluding carboxylic acids is 1. The monoisotopic (exact) mass is 297 g/mol. The van der Waals surface area contributed by atoms with Gasteiger partial charge in [-0.2, -0.15) is 0 Å². The summed E-state index contributed by atoms with van der Waals surface area (Å²) in [4.78, 5) is 20.3. The van der Waals surface area contributed by atoms with Gasteiger partial charge in [0.05, 0.1) is 22.8 Å². The normalized spacial score (nSPS) is 12.0. The van der Waals surface area contributed by atoms with Gasteiger partial charge in [0.15, 0.2) is 0 Å². The SMILES string of the molecule is CC(NC(=O)c1cccs1)c1ncc(-c2ccccc2)[nH]1. The fourth-order valence-corrected chi connectivity index (χ4v) is 2.69. The molecule has 1 atom stereocenters. The van der Waals surface area contributed by atoms with Crippen LogP contribution in [0.15, 0.2) is 54.0 Å². The Hall–Kier alpha value is -2.40. The average molecular weight is 297 g/mol. The van der Waals surface area contributed by atoms with E-state index in [0.29, 0.717) is 4.88 Å². The Morgan fingerprint density at radius 1 is 1.24 bits per heavy atom. The van der Waals surface area contributed by atoms with Crippen LogP contribution >= 0.6 is 11.3 Å². The zero-order chi connectivity index (χ0) is 14.7. The minimum Gasteiger partial charge on any atom is -0.342 e. The van der Waals surface area contributed by atoms with Crippen LogP contribution in [0.3, 0.4) is 0 Å². The van der Waals surface area contributed by atoms with Gasteiger partial charge in [0.25, 0.3) is 5.91 Å². The average Bonchev–Trinajstić information content (AvgIpc) is 3.20. The molecule has 0 saturated carbocycles. The van der Waals surface area contributed by atoms with Crippen molar-refractivity contribution in [3.8, 4) is 11.3 Å². The summed E-state index contributed by atoms with van der Waals surface area (Å²) in [5.41, 5.74) is 2.02. The van der Waals surface area contributed by atoms with Crippen LogP contribution in [0.1, 0.15) is 28.5 Å². The van der Waals surface area contributed by atoms with Crippen molar-refractivity contribution < 1.29 is 4.79 Å². The molecule has 0 aliphatic rings. The highest BCUT2D eigenvalue weighted by atomic mass is 32.1. The van der Waals surface area contributed by atoms with E-state index in [4.69, 9.17) is 0 Å². The Kier molecular flexibility index (Phi) is 3.83. The number of nitrogens with zero attached hydrogens (tertiary/aromatic N) is 1. The first-order valence-corrected chi connectivity index (χ1v) is 7.56. The van der Waals surface area contributed by atoms with Crippen LogP contribution in [-0.2, 0) is 0 Å². The number of aromatic nitrogens is 2. The molecule has 0 fully saturated rings. The highest BCUT2D eigenvalue weighted by Crippen LogP contribution is 2.19.